The fourth-order valence-electron chi connectivity index (χ4n) is 1.33. The van der Waals surface area contributed by atoms with Crippen molar-refractivity contribution in [2.75, 3.05) is 0 Å². The number of aryl methyl sites for hydroxylation is 2. The second-order valence-electron chi connectivity index (χ2n) is 3.08. The Kier molecular flexibility index (Phi) is 2.28. The average Bonchev–Trinajstić information content (AvgIpc) is 2.73. The smallest absolute Gasteiger partial charge is 0.355 e. The average molecular weight is 224 g/mol. The van der Waals surface area contributed by atoms with Gasteiger partial charge in [-0.05, 0) is 31.4 Å². The number of hydrogen-bond donors (Lipinski definition) is 1. The van der Waals surface area contributed by atoms with E-state index >= 15 is 0 Å². The van der Waals surface area contributed by atoms with E-state index in [1.165, 1.54) is 6.07 Å². The highest BCUT2D eigenvalue weighted by Crippen LogP contribution is 2.30. The quantitative estimate of drug-likeness (QED) is 0.845. The van der Waals surface area contributed by atoms with Crippen LogP contribution in [0.1, 0.15) is 21.9 Å². The number of carbonyl (C=O) groups is 1. The maximum Gasteiger partial charge on any atom is 0.355 e. The van der Waals surface area contributed by atoms with E-state index in [2.05, 4.69) is 9.53 Å². The van der Waals surface area contributed by atoms with Crippen molar-refractivity contribution in [1.82, 2.24) is 9.53 Å². The Labute approximate surface area is 89.5 Å². The second kappa shape index (κ2) is 3.47. The second-order valence-corrected chi connectivity index (χ2v) is 3.89. The summed E-state index contributed by atoms with van der Waals surface area (Å²) in [6.45, 7) is 3.60. The normalized spacial score (nSPS) is 10.5. The van der Waals surface area contributed by atoms with Gasteiger partial charge in [-0.2, -0.15) is 4.37 Å². The Morgan fingerprint density at radius 2 is 2.27 bits per heavy atom. The third kappa shape index (κ3) is 1.63. The van der Waals surface area contributed by atoms with Crippen LogP contribution in [-0.4, -0.2) is 20.6 Å². The molecule has 0 atom stereocenters. The molecule has 0 aliphatic carbocycles. The van der Waals surface area contributed by atoms with Crippen molar-refractivity contribution in [2.45, 2.75) is 13.8 Å². The van der Waals surface area contributed by atoms with Crippen LogP contribution in [0.2, 0.25) is 0 Å². The molecule has 15 heavy (non-hydrogen) atoms. The first-order valence-corrected chi connectivity index (χ1v) is 5.00. The molecule has 0 spiro atoms. The van der Waals surface area contributed by atoms with Gasteiger partial charge >= 0.3 is 5.97 Å². The van der Waals surface area contributed by atoms with Gasteiger partial charge in [0.25, 0.3) is 0 Å². The highest BCUT2D eigenvalue weighted by atomic mass is 32.1. The Morgan fingerprint density at radius 3 is 2.73 bits per heavy atom. The van der Waals surface area contributed by atoms with E-state index in [0.29, 0.717) is 5.76 Å². The standard InChI is InChI=1S/C9H8N2O3S/c1-4-8(5(2)14-10-4)7-3-6(9(12)13)11-15-7/h3H,1-2H3,(H,12,13). The van der Waals surface area contributed by atoms with Crippen LogP contribution in [0.4, 0.5) is 0 Å². The molecule has 0 saturated carbocycles. The summed E-state index contributed by atoms with van der Waals surface area (Å²) in [6, 6.07) is 1.53. The molecule has 0 aliphatic heterocycles. The van der Waals surface area contributed by atoms with Crippen LogP contribution >= 0.6 is 11.5 Å². The van der Waals surface area contributed by atoms with Crippen molar-refractivity contribution in [1.29, 1.82) is 0 Å². The summed E-state index contributed by atoms with van der Waals surface area (Å²) in [5.41, 5.74) is 1.63. The maximum absolute atomic E-state index is 10.7. The molecule has 1 N–H and O–H groups in total. The van der Waals surface area contributed by atoms with Gasteiger partial charge in [0.05, 0.1) is 16.1 Å². The van der Waals surface area contributed by atoms with Crippen LogP contribution in [0.5, 0.6) is 0 Å². The SMILES string of the molecule is Cc1noc(C)c1-c1cc(C(=O)O)ns1. The fraction of sp³-hybridized carbons (Fsp3) is 0.222. The molecule has 6 heteroatoms. The van der Waals surface area contributed by atoms with Crippen molar-refractivity contribution in [3.8, 4) is 10.4 Å². The van der Waals surface area contributed by atoms with Gasteiger partial charge in [-0.3, -0.25) is 0 Å². The van der Waals surface area contributed by atoms with Crippen molar-refractivity contribution in [3.05, 3.63) is 23.2 Å². The summed E-state index contributed by atoms with van der Waals surface area (Å²) in [6.07, 6.45) is 0. The number of carboxylic acids is 1. The number of carboxylic acid groups (broad SMARTS) is 1. The first-order chi connectivity index (χ1) is 7.09. The lowest BCUT2D eigenvalue weighted by Crippen LogP contribution is -1.94. The Morgan fingerprint density at radius 1 is 1.53 bits per heavy atom. The van der Waals surface area contributed by atoms with Crippen LogP contribution in [0, 0.1) is 13.8 Å². The lowest BCUT2D eigenvalue weighted by atomic mass is 10.1. The van der Waals surface area contributed by atoms with Gasteiger partial charge in [-0.15, -0.1) is 0 Å². The largest absolute Gasteiger partial charge is 0.476 e. The Hall–Kier alpha value is -1.69. The van der Waals surface area contributed by atoms with E-state index in [1.807, 2.05) is 6.92 Å². The molecule has 0 aliphatic rings. The summed E-state index contributed by atoms with van der Waals surface area (Å²) in [5, 5.41) is 12.5. The van der Waals surface area contributed by atoms with Gasteiger partial charge in [-0.1, -0.05) is 5.16 Å². The summed E-state index contributed by atoms with van der Waals surface area (Å²) in [5.74, 6) is -0.350. The minimum atomic E-state index is -1.02. The molecule has 0 saturated heterocycles. The van der Waals surface area contributed by atoms with E-state index in [4.69, 9.17) is 9.63 Å². The molecule has 0 bridgehead atoms. The molecule has 0 aromatic carbocycles. The molecular weight excluding hydrogens is 216 g/mol. The third-order valence-electron chi connectivity index (χ3n) is 2.01. The molecule has 2 aromatic heterocycles. The van der Waals surface area contributed by atoms with E-state index in [9.17, 15) is 4.79 Å². The molecular formula is C9H8N2O3S. The summed E-state index contributed by atoms with van der Waals surface area (Å²) in [7, 11) is 0. The molecule has 0 unspecified atom stereocenters. The first kappa shape index (κ1) is 9.85. The van der Waals surface area contributed by atoms with E-state index < -0.39 is 5.97 Å². The minimum absolute atomic E-state index is 0.0509. The maximum atomic E-state index is 10.7. The van der Waals surface area contributed by atoms with Crippen molar-refractivity contribution >= 4 is 17.5 Å². The van der Waals surface area contributed by atoms with E-state index in [0.717, 1.165) is 27.7 Å². The van der Waals surface area contributed by atoms with Gasteiger partial charge in [0.2, 0.25) is 0 Å². The van der Waals surface area contributed by atoms with Gasteiger partial charge in [0.15, 0.2) is 5.69 Å². The zero-order valence-corrected chi connectivity index (χ0v) is 8.96. The van der Waals surface area contributed by atoms with Crippen LogP contribution < -0.4 is 0 Å². The first-order valence-electron chi connectivity index (χ1n) is 4.23. The number of hydrogen-bond acceptors (Lipinski definition) is 5. The zero-order valence-electron chi connectivity index (χ0n) is 8.14. The lowest BCUT2D eigenvalue weighted by molar-refractivity contribution is 0.0692. The van der Waals surface area contributed by atoms with E-state index in [1.54, 1.807) is 6.92 Å². The topological polar surface area (TPSA) is 76.2 Å². The van der Waals surface area contributed by atoms with E-state index in [-0.39, 0.29) is 5.69 Å². The van der Waals surface area contributed by atoms with Crippen LogP contribution in [-0.2, 0) is 0 Å². The fourth-order valence-corrected chi connectivity index (χ4v) is 2.20. The molecule has 0 fully saturated rings. The molecule has 2 aromatic rings. The summed E-state index contributed by atoms with van der Waals surface area (Å²) >= 11 is 1.13. The number of nitrogens with zero attached hydrogens (tertiary/aromatic N) is 2. The highest BCUT2D eigenvalue weighted by molar-refractivity contribution is 7.09. The number of aromatic nitrogens is 2. The van der Waals surface area contributed by atoms with Gasteiger partial charge in [-0.25, -0.2) is 4.79 Å². The molecule has 2 rings (SSSR count). The van der Waals surface area contributed by atoms with Gasteiger partial charge in [0.1, 0.15) is 5.76 Å². The monoisotopic (exact) mass is 224 g/mol. The van der Waals surface area contributed by atoms with Gasteiger partial charge in [0, 0.05) is 0 Å². The molecule has 78 valence electrons. The number of aromatic carboxylic acids is 1. The lowest BCUT2D eigenvalue weighted by Gasteiger charge is -1.91. The summed E-state index contributed by atoms with van der Waals surface area (Å²) in [4.78, 5) is 11.4. The summed E-state index contributed by atoms with van der Waals surface area (Å²) < 4.78 is 8.83. The molecule has 0 radical (unpaired) electrons. The van der Waals surface area contributed by atoms with Crippen molar-refractivity contribution < 1.29 is 14.4 Å². The highest BCUT2D eigenvalue weighted by Gasteiger charge is 2.16. The third-order valence-corrected chi connectivity index (χ3v) is 2.82. The molecule has 2 heterocycles. The predicted molar refractivity (Wildman–Crippen MR) is 54.0 cm³/mol. The molecule has 5 nitrogen and oxygen atoms in total. The Bertz CT molecular complexity index is 496. The van der Waals surface area contributed by atoms with Gasteiger partial charge < -0.3 is 9.63 Å². The van der Waals surface area contributed by atoms with Crippen LogP contribution in [0.15, 0.2) is 10.6 Å². The molecule has 0 amide bonds. The zero-order chi connectivity index (χ0) is 11.0. The van der Waals surface area contributed by atoms with Crippen LogP contribution in [0.25, 0.3) is 10.4 Å². The predicted octanol–water partition coefficient (Wildman–Crippen LogP) is 2.11. The Balaban J connectivity index is 2.50. The number of rotatable bonds is 2. The van der Waals surface area contributed by atoms with Crippen molar-refractivity contribution in [2.24, 2.45) is 0 Å². The van der Waals surface area contributed by atoms with Crippen LogP contribution in [0.3, 0.4) is 0 Å². The van der Waals surface area contributed by atoms with Crippen molar-refractivity contribution in [3.63, 3.8) is 0 Å². The minimum Gasteiger partial charge on any atom is -0.476 e.